The topological polar surface area (TPSA) is 73.3 Å². The van der Waals surface area contributed by atoms with Gasteiger partial charge in [0, 0.05) is 17.1 Å². The summed E-state index contributed by atoms with van der Waals surface area (Å²) < 4.78 is 11.0. The Morgan fingerprint density at radius 2 is 1.62 bits per heavy atom. The van der Waals surface area contributed by atoms with Crippen LogP contribution < -0.4 is 14.8 Å². The summed E-state index contributed by atoms with van der Waals surface area (Å²) in [6.45, 7) is 3.40. The molecule has 4 aromatic rings. The minimum absolute atomic E-state index is 0.395. The summed E-state index contributed by atoms with van der Waals surface area (Å²) in [4.78, 5) is 20.0. The first-order chi connectivity index (χ1) is 14.2. The first-order valence-corrected chi connectivity index (χ1v) is 8.90. The number of anilines is 2. The number of para-hydroxylation sites is 1. The molecule has 1 heterocycles. The average molecular weight is 383 g/mol. The molecule has 0 atom stereocenters. The number of ether oxygens (including phenoxy) is 2. The van der Waals surface area contributed by atoms with Gasteiger partial charge in [0.05, 0.1) is 5.52 Å². The molecule has 0 spiro atoms. The zero-order valence-electron chi connectivity index (χ0n) is 15.4. The van der Waals surface area contributed by atoms with Gasteiger partial charge in [-0.15, -0.1) is 0 Å². The molecule has 3 aromatic carbocycles. The van der Waals surface area contributed by atoms with Crippen LogP contribution in [0.5, 0.6) is 17.2 Å². The molecule has 0 amide bonds. The summed E-state index contributed by atoms with van der Waals surface area (Å²) in [5.41, 5.74) is 1.56. The molecule has 0 saturated carbocycles. The fraction of sp³-hybridized carbons (Fsp3) is 0. The number of carbonyl (C=O) groups excluding carboxylic acids is 1. The van der Waals surface area contributed by atoms with Crippen LogP contribution in [-0.2, 0) is 4.79 Å². The first kappa shape index (κ1) is 18.2. The minimum Gasteiger partial charge on any atom is -0.457 e. The van der Waals surface area contributed by atoms with E-state index in [0.29, 0.717) is 11.6 Å². The van der Waals surface area contributed by atoms with Crippen molar-refractivity contribution in [2.45, 2.75) is 0 Å². The highest BCUT2D eigenvalue weighted by Crippen LogP contribution is 2.28. The van der Waals surface area contributed by atoms with Gasteiger partial charge < -0.3 is 14.8 Å². The lowest BCUT2D eigenvalue weighted by Gasteiger charge is -2.11. The maximum atomic E-state index is 11.5. The lowest BCUT2D eigenvalue weighted by atomic mass is 10.2. The molecule has 4 rings (SSSR count). The van der Waals surface area contributed by atoms with Crippen molar-refractivity contribution in [2.24, 2.45) is 0 Å². The molecule has 0 unspecified atom stereocenters. The third-order valence-electron chi connectivity index (χ3n) is 4.09. The van der Waals surface area contributed by atoms with Crippen molar-refractivity contribution in [1.82, 2.24) is 9.97 Å². The smallest absolute Gasteiger partial charge is 0.335 e. The number of esters is 1. The van der Waals surface area contributed by atoms with Gasteiger partial charge in [-0.1, -0.05) is 24.8 Å². The molecule has 0 radical (unpaired) electrons. The number of aromatic nitrogens is 2. The third kappa shape index (κ3) is 4.39. The van der Waals surface area contributed by atoms with E-state index in [1.54, 1.807) is 18.2 Å². The highest BCUT2D eigenvalue weighted by molar-refractivity contribution is 5.92. The Morgan fingerprint density at radius 3 is 2.38 bits per heavy atom. The van der Waals surface area contributed by atoms with Crippen molar-refractivity contribution >= 4 is 28.4 Å². The third-order valence-corrected chi connectivity index (χ3v) is 4.09. The van der Waals surface area contributed by atoms with E-state index in [1.807, 2.05) is 54.6 Å². The van der Waals surface area contributed by atoms with Gasteiger partial charge in [0.2, 0.25) is 0 Å². The van der Waals surface area contributed by atoms with Gasteiger partial charge in [-0.3, -0.25) is 0 Å². The van der Waals surface area contributed by atoms with Crippen molar-refractivity contribution < 1.29 is 14.3 Å². The van der Waals surface area contributed by atoms with Crippen LogP contribution in [0.4, 0.5) is 11.5 Å². The Labute approximate surface area is 167 Å². The fourth-order valence-electron chi connectivity index (χ4n) is 2.72. The van der Waals surface area contributed by atoms with Gasteiger partial charge in [-0.25, -0.2) is 14.8 Å². The molecule has 142 valence electrons. The molecular formula is C23H17N3O3. The average Bonchev–Trinajstić information content (AvgIpc) is 2.76. The van der Waals surface area contributed by atoms with Gasteiger partial charge >= 0.3 is 5.97 Å². The Morgan fingerprint density at radius 1 is 0.897 bits per heavy atom. The largest absolute Gasteiger partial charge is 0.457 e. The highest BCUT2D eigenvalue weighted by Gasteiger charge is 2.08. The van der Waals surface area contributed by atoms with Crippen LogP contribution in [0.3, 0.4) is 0 Å². The lowest BCUT2D eigenvalue weighted by Crippen LogP contribution is -2.03. The number of benzene rings is 3. The standard InChI is InChI=1S/C23H17N3O3/c1-2-22(27)29-19-12-13-21-20(14-19)23(25-15-24-21)26-16-8-10-18(11-9-16)28-17-6-4-3-5-7-17/h2-15H,1H2,(H,24,25,26). The van der Waals surface area contributed by atoms with Crippen LogP contribution in [0.25, 0.3) is 10.9 Å². The van der Waals surface area contributed by atoms with Crippen molar-refractivity contribution in [2.75, 3.05) is 5.32 Å². The van der Waals surface area contributed by atoms with Crippen LogP contribution in [0.1, 0.15) is 0 Å². The fourth-order valence-corrected chi connectivity index (χ4v) is 2.72. The highest BCUT2D eigenvalue weighted by atomic mass is 16.5. The predicted molar refractivity (Wildman–Crippen MR) is 112 cm³/mol. The number of hydrogen-bond acceptors (Lipinski definition) is 6. The Balaban J connectivity index is 1.56. The zero-order valence-corrected chi connectivity index (χ0v) is 15.4. The quantitative estimate of drug-likeness (QED) is 0.278. The van der Waals surface area contributed by atoms with Gasteiger partial charge in [0.1, 0.15) is 29.4 Å². The van der Waals surface area contributed by atoms with E-state index >= 15 is 0 Å². The van der Waals surface area contributed by atoms with Gasteiger partial charge in [0.15, 0.2) is 0 Å². The van der Waals surface area contributed by atoms with E-state index in [0.717, 1.165) is 34.2 Å². The predicted octanol–water partition coefficient (Wildman–Crippen LogP) is 5.26. The van der Waals surface area contributed by atoms with Gasteiger partial charge in [0.25, 0.3) is 0 Å². The van der Waals surface area contributed by atoms with Crippen molar-refractivity contribution in [3.8, 4) is 17.2 Å². The van der Waals surface area contributed by atoms with Crippen molar-refractivity contribution in [3.05, 3.63) is 91.8 Å². The molecule has 0 aliphatic heterocycles. The number of hydrogen-bond donors (Lipinski definition) is 1. The molecular weight excluding hydrogens is 366 g/mol. The van der Waals surface area contributed by atoms with E-state index in [2.05, 4.69) is 21.9 Å². The van der Waals surface area contributed by atoms with E-state index in [4.69, 9.17) is 9.47 Å². The molecule has 6 heteroatoms. The first-order valence-electron chi connectivity index (χ1n) is 8.90. The summed E-state index contributed by atoms with van der Waals surface area (Å²) >= 11 is 0. The molecule has 0 aliphatic rings. The Kier molecular flexibility index (Phi) is 5.16. The molecule has 0 fully saturated rings. The number of carbonyl (C=O) groups is 1. The van der Waals surface area contributed by atoms with Crippen LogP contribution in [0.15, 0.2) is 91.8 Å². The van der Waals surface area contributed by atoms with Crippen molar-refractivity contribution in [1.29, 1.82) is 0 Å². The summed E-state index contributed by atoms with van der Waals surface area (Å²) in [6.07, 6.45) is 2.59. The summed E-state index contributed by atoms with van der Waals surface area (Å²) in [5.74, 6) is 1.98. The molecule has 0 aliphatic carbocycles. The second-order valence-corrected chi connectivity index (χ2v) is 6.09. The second-order valence-electron chi connectivity index (χ2n) is 6.09. The van der Waals surface area contributed by atoms with E-state index in [1.165, 1.54) is 6.33 Å². The van der Waals surface area contributed by atoms with Crippen LogP contribution in [0.2, 0.25) is 0 Å². The molecule has 1 aromatic heterocycles. The molecule has 0 saturated heterocycles. The van der Waals surface area contributed by atoms with Gasteiger partial charge in [-0.2, -0.15) is 0 Å². The maximum Gasteiger partial charge on any atom is 0.335 e. The summed E-state index contributed by atoms with van der Waals surface area (Å²) in [6, 6.07) is 22.3. The summed E-state index contributed by atoms with van der Waals surface area (Å²) in [7, 11) is 0. The monoisotopic (exact) mass is 383 g/mol. The van der Waals surface area contributed by atoms with Crippen molar-refractivity contribution in [3.63, 3.8) is 0 Å². The number of nitrogens with one attached hydrogen (secondary N) is 1. The van der Waals surface area contributed by atoms with Crippen LogP contribution in [0, 0.1) is 0 Å². The lowest BCUT2D eigenvalue weighted by molar-refractivity contribution is -0.128. The Hall–Kier alpha value is -4.19. The van der Waals surface area contributed by atoms with Crippen LogP contribution >= 0.6 is 0 Å². The van der Waals surface area contributed by atoms with E-state index in [-0.39, 0.29) is 0 Å². The zero-order chi connectivity index (χ0) is 20.1. The second kappa shape index (κ2) is 8.22. The Bertz CT molecular complexity index is 1160. The van der Waals surface area contributed by atoms with E-state index < -0.39 is 5.97 Å². The van der Waals surface area contributed by atoms with Gasteiger partial charge in [-0.05, 0) is 54.6 Å². The molecule has 6 nitrogen and oxygen atoms in total. The van der Waals surface area contributed by atoms with E-state index in [9.17, 15) is 4.79 Å². The minimum atomic E-state index is -0.523. The number of fused-ring (bicyclic) bond motifs is 1. The number of nitrogens with zero attached hydrogens (tertiary/aromatic N) is 2. The normalized spacial score (nSPS) is 10.3. The molecule has 29 heavy (non-hydrogen) atoms. The van der Waals surface area contributed by atoms with Crippen LogP contribution in [-0.4, -0.2) is 15.9 Å². The number of rotatable bonds is 6. The maximum absolute atomic E-state index is 11.5. The SMILES string of the molecule is C=CC(=O)Oc1ccc2ncnc(Nc3ccc(Oc4ccccc4)cc3)c2c1. The molecule has 0 bridgehead atoms. The summed E-state index contributed by atoms with van der Waals surface area (Å²) in [5, 5.41) is 3.99. The molecule has 1 N–H and O–H groups in total.